The Hall–Kier alpha value is -1.48. The second-order valence-electron chi connectivity index (χ2n) is 6.12. The molecule has 1 unspecified atom stereocenters. The van der Waals surface area contributed by atoms with Crippen molar-refractivity contribution in [2.75, 3.05) is 38.2 Å². The van der Waals surface area contributed by atoms with Crippen molar-refractivity contribution in [2.45, 2.75) is 44.1 Å². The molecule has 0 spiro atoms. The Morgan fingerprint density at radius 1 is 1.27 bits per heavy atom. The fraction of sp³-hybridized carbons (Fsp3) is 0.611. The Morgan fingerprint density at radius 3 is 2.54 bits per heavy atom. The lowest BCUT2D eigenvalue weighted by atomic mass is 10.2. The zero-order chi connectivity index (χ0) is 19.0. The smallest absolute Gasteiger partial charge is 0.243 e. The van der Waals surface area contributed by atoms with Gasteiger partial charge in [-0.05, 0) is 37.1 Å². The quantitative estimate of drug-likeness (QED) is 0.626. The molecule has 1 atom stereocenters. The summed E-state index contributed by atoms with van der Waals surface area (Å²) in [6, 6.07) is 6.22. The van der Waals surface area contributed by atoms with Crippen LogP contribution in [0.1, 0.15) is 33.1 Å². The summed E-state index contributed by atoms with van der Waals surface area (Å²) in [5.41, 5.74) is 0.563. The highest BCUT2D eigenvalue weighted by Gasteiger charge is 2.21. The van der Waals surface area contributed by atoms with Crippen molar-refractivity contribution in [3.63, 3.8) is 0 Å². The molecule has 0 radical (unpaired) electrons. The van der Waals surface area contributed by atoms with E-state index in [1.807, 2.05) is 0 Å². The number of carbonyl (C=O) groups excluding carboxylic acids is 1. The molecule has 1 fully saturated rings. The van der Waals surface area contributed by atoms with Crippen LogP contribution in [0.15, 0.2) is 29.2 Å². The van der Waals surface area contributed by atoms with Gasteiger partial charge in [0.25, 0.3) is 0 Å². The van der Waals surface area contributed by atoms with E-state index in [1.54, 1.807) is 26.0 Å². The number of ether oxygens (including phenoxy) is 2. The summed E-state index contributed by atoms with van der Waals surface area (Å²) in [6.07, 6.45) is 2.47. The Labute approximate surface area is 155 Å². The number of hydrogen-bond acceptors (Lipinski definition) is 5. The Kier molecular flexibility index (Phi) is 8.02. The standard InChI is InChI=1S/C18H28N2O5S/c1-3-20(4-2)26(22,23)17-9-7-15(8-10-17)19-18(21)11-13-24-14-16-6-5-12-25-16/h7-10,16H,3-6,11-14H2,1-2H3,(H,19,21). The number of sulfonamides is 1. The average Bonchev–Trinajstić information content (AvgIpc) is 3.13. The third-order valence-electron chi connectivity index (χ3n) is 4.28. The van der Waals surface area contributed by atoms with Crippen LogP contribution >= 0.6 is 0 Å². The first-order valence-electron chi connectivity index (χ1n) is 9.06. The summed E-state index contributed by atoms with van der Waals surface area (Å²) < 4.78 is 37.2. The topological polar surface area (TPSA) is 84.9 Å². The highest BCUT2D eigenvalue weighted by Crippen LogP contribution is 2.18. The number of amides is 1. The van der Waals surface area contributed by atoms with Crippen LogP contribution in [-0.4, -0.2) is 57.6 Å². The molecule has 1 heterocycles. The van der Waals surface area contributed by atoms with Crippen LogP contribution < -0.4 is 5.32 Å². The largest absolute Gasteiger partial charge is 0.378 e. The molecule has 1 aliphatic rings. The van der Waals surface area contributed by atoms with Crippen molar-refractivity contribution in [2.24, 2.45) is 0 Å². The molecular weight excluding hydrogens is 356 g/mol. The molecule has 146 valence electrons. The minimum Gasteiger partial charge on any atom is -0.378 e. The van der Waals surface area contributed by atoms with Crippen LogP contribution in [0.25, 0.3) is 0 Å². The molecule has 8 heteroatoms. The van der Waals surface area contributed by atoms with Gasteiger partial charge in [0.2, 0.25) is 15.9 Å². The van der Waals surface area contributed by atoms with Gasteiger partial charge in [0.05, 0.1) is 30.6 Å². The first-order valence-corrected chi connectivity index (χ1v) is 10.5. The molecule has 2 rings (SSSR count). The molecule has 1 aromatic carbocycles. The fourth-order valence-electron chi connectivity index (χ4n) is 2.80. The monoisotopic (exact) mass is 384 g/mol. The molecule has 1 amide bonds. The van der Waals surface area contributed by atoms with Crippen LogP contribution in [0, 0.1) is 0 Å². The van der Waals surface area contributed by atoms with Gasteiger partial charge in [0.1, 0.15) is 0 Å². The molecule has 1 saturated heterocycles. The van der Waals surface area contributed by atoms with Crippen LogP contribution in [0.5, 0.6) is 0 Å². The van der Waals surface area contributed by atoms with Crippen LogP contribution in [0.2, 0.25) is 0 Å². The summed E-state index contributed by atoms with van der Waals surface area (Å²) in [5, 5.41) is 2.75. The van der Waals surface area contributed by atoms with E-state index in [4.69, 9.17) is 9.47 Å². The van der Waals surface area contributed by atoms with Crippen molar-refractivity contribution in [3.05, 3.63) is 24.3 Å². The Morgan fingerprint density at radius 2 is 1.96 bits per heavy atom. The Balaban J connectivity index is 1.79. The van der Waals surface area contributed by atoms with E-state index in [0.29, 0.717) is 32.0 Å². The minimum atomic E-state index is -3.48. The van der Waals surface area contributed by atoms with E-state index < -0.39 is 10.0 Å². The van der Waals surface area contributed by atoms with Crippen LogP contribution in [-0.2, 0) is 24.3 Å². The molecule has 0 bridgehead atoms. The lowest BCUT2D eigenvalue weighted by molar-refractivity contribution is -0.117. The fourth-order valence-corrected chi connectivity index (χ4v) is 4.26. The minimum absolute atomic E-state index is 0.151. The van der Waals surface area contributed by atoms with Crippen LogP contribution in [0.4, 0.5) is 5.69 Å². The van der Waals surface area contributed by atoms with Crippen LogP contribution in [0.3, 0.4) is 0 Å². The maximum atomic E-state index is 12.4. The number of nitrogens with one attached hydrogen (secondary N) is 1. The Bertz CT molecular complexity index is 665. The van der Waals surface area contributed by atoms with Gasteiger partial charge in [0, 0.05) is 25.4 Å². The van der Waals surface area contributed by atoms with Gasteiger partial charge in [0.15, 0.2) is 0 Å². The van der Waals surface area contributed by atoms with E-state index in [-0.39, 0.29) is 23.3 Å². The maximum Gasteiger partial charge on any atom is 0.243 e. The highest BCUT2D eigenvalue weighted by molar-refractivity contribution is 7.89. The van der Waals surface area contributed by atoms with Gasteiger partial charge >= 0.3 is 0 Å². The zero-order valence-corrected chi connectivity index (χ0v) is 16.3. The first-order chi connectivity index (χ1) is 12.5. The van der Waals surface area contributed by atoms with E-state index >= 15 is 0 Å². The maximum absolute atomic E-state index is 12.4. The molecule has 1 aromatic rings. The zero-order valence-electron chi connectivity index (χ0n) is 15.4. The summed E-state index contributed by atoms with van der Waals surface area (Å²) in [5.74, 6) is -0.170. The van der Waals surface area contributed by atoms with Gasteiger partial charge in [-0.1, -0.05) is 13.8 Å². The number of rotatable bonds is 10. The average molecular weight is 384 g/mol. The van der Waals surface area contributed by atoms with E-state index in [2.05, 4.69) is 5.32 Å². The molecule has 26 heavy (non-hydrogen) atoms. The van der Waals surface area contributed by atoms with Crippen molar-refractivity contribution in [3.8, 4) is 0 Å². The van der Waals surface area contributed by atoms with Gasteiger partial charge < -0.3 is 14.8 Å². The van der Waals surface area contributed by atoms with Crippen molar-refractivity contribution in [1.82, 2.24) is 4.31 Å². The van der Waals surface area contributed by atoms with Gasteiger partial charge in [-0.2, -0.15) is 4.31 Å². The van der Waals surface area contributed by atoms with E-state index in [1.165, 1.54) is 16.4 Å². The molecule has 0 saturated carbocycles. The number of benzene rings is 1. The third kappa shape index (κ3) is 5.77. The molecular formula is C18H28N2O5S. The predicted octanol–water partition coefficient (Wildman–Crippen LogP) is 2.24. The van der Waals surface area contributed by atoms with Crippen molar-refractivity contribution < 1.29 is 22.7 Å². The number of nitrogens with zero attached hydrogens (tertiary/aromatic N) is 1. The number of hydrogen-bond donors (Lipinski definition) is 1. The summed E-state index contributed by atoms with van der Waals surface area (Å²) in [7, 11) is -3.48. The molecule has 1 N–H and O–H groups in total. The SMILES string of the molecule is CCN(CC)S(=O)(=O)c1ccc(NC(=O)CCOCC2CCCO2)cc1. The summed E-state index contributed by atoms with van der Waals surface area (Å²) in [4.78, 5) is 12.2. The second kappa shape index (κ2) is 10.0. The molecule has 1 aliphatic heterocycles. The highest BCUT2D eigenvalue weighted by atomic mass is 32.2. The molecule has 0 aromatic heterocycles. The lowest BCUT2D eigenvalue weighted by Crippen LogP contribution is -2.30. The first kappa shape index (κ1) is 20.8. The van der Waals surface area contributed by atoms with Gasteiger partial charge in [-0.25, -0.2) is 8.42 Å². The summed E-state index contributed by atoms with van der Waals surface area (Å²) in [6.45, 7) is 6.08. The predicted molar refractivity (Wildman–Crippen MR) is 99.6 cm³/mol. The third-order valence-corrected chi connectivity index (χ3v) is 6.35. The number of anilines is 1. The number of carbonyl (C=O) groups is 1. The normalized spacial score (nSPS) is 17.6. The second-order valence-corrected chi connectivity index (χ2v) is 8.06. The van der Waals surface area contributed by atoms with Crippen molar-refractivity contribution in [1.29, 1.82) is 0 Å². The van der Waals surface area contributed by atoms with Gasteiger partial charge in [-0.15, -0.1) is 0 Å². The van der Waals surface area contributed by atoms with E-state index in [0.717, 1.165) is 19.4 Å². The van der Waals surface area contributed by atoms with Gasteiger partial charge in [-0.3, -0.25) is 4.79 Å². The van der Waals surface area contributed by atoms with Crippen molar-refractivity contribution >= 4 is 21.6 Å². The molecule has 7 nitrogen and oxygen atoms in total. The summed E-state index contributed by atoms with van der Waals surface area (Å²) >= 11 is 0. The lowest BCUT2D eigenvalue weighted by Gasteiger charge is -2.18. The molecule has 0 aliphatic carbocycles. The van der Waals surface area contributed by atoms with E-state index in [9.17, 15) is 13.2 Å².